The maximum absolute atomic E-state index is 12.6. The van der Waals surface area contributed by atoms with Crippen LogP contribution in [0.1, 0.15) is 30.3 Å². The highest BCUT2D eigenvalue weighted by Gasteiger charge is 2.36. The van der Waals surface area contributed by atoms with Gasteiger partial charge in [0.2, 0.25) is 0 Å². The summed E-state index contributed by atoms with van der Waals surface area (Å²) in [6.45, 7) is 3.82. The number of carbonyl (C=O) groups is 1. The maximum Gasteiger partial charge on any atom is 0.336 e. The minimum absolute atomic E-state index is 0.200. The summed E-state index contributed by atoms with van der Waals surface area (Å²) in [7, 11) is 0. The predicted molar refractivity (Wildman–Crippen MR) is 105 cm³/mol. The van der Waals surface area contributed by atoms with Crippen molar-refractivity contribution in [3.05, 3.63) is 66.4 Å². The van der Waals surface area contributed by atoms with E-state index in [1.165, 1.54) is 29.2 Å². The molecule has 7 nitrogen and oxygen atoms in total. The van der Waals surface area contributed by atoms with E-state index in [2.05, 4.69) is 21.6 Å². The van der Waals surface area contributed by atoms with E-state index in [0.29, 0.717) is 27.6 Å². The van der Waals surface area contributed by atoms with Gasteiger partial charge in [0.1, 0.15) is 0 Å². The summed E-state index contributed by atoms with van der Waals surface area (Å²) in [6, 6.07) is 7.55. The molecule has 9 heteroatoms. The molecule has 27 heavy (non-hydrogen) atoms. The smallest absolute Gasteiger partial charge is 0.336 e. The number of allylic oxidation sites excluding steroid dienone is 2. The van der Waals surface area contributed by atoms with Crippen molar-refractivity contribution in [1.29, 1.82) is 5.26 Å². The first-order valence-electron chi connectivity index (χ1n) is 8.27. The van der Waals surface area contributed by atoms with Crippen LogP contribution in [-0.4, -0.2) is 22.8 Å². The molecular formula is C18H18N4O3S2. The predicted octanol–water partition coefficient (Wildman–Crippen LogP) is 2.96. The van der Waals surface area contributed by atoms with Gasteiger partial charge in [-0.2, -0.15) is 5.26 Å². The van der Waals surface area contributed by atoms with Gasteiger partial charge in [-0.15, -0.1) is 23.1 Å². The van der Waals surface area contributed by atoms with Gasteiger partial charge in [-0.05, 0) is 25.3 Å². The lowest BCUT2D eigenvalue weighted by molar-refractivity contribution is -0.138. The number of dihydropyridines is 1. The third kappa shape index (κ3) is 4.02. The van der Waals surface area contributed by atoms with Crippen LogP contribution < -0.4 is 10.9 Å². The molecule has 1 atom stereocenters. The number of nitriles is 1. The zero-order valence-electron chi connectivity index (χ0n) is 14.8. The molecule has 3 rings (SSSR count). The van der Waals surface area contributed by atoms with Crippen molar-refractivity contribution in [3.63, 3.8) is 0 Å². The number of nitrogens with zero attached hydrogens (tertiary/aromatic N) is 1. The summed E-state index contributed by atoms with van der Waals surface area (Å²) < 4.78 is 5.23. The first kappa shape index (κ1) is 19.1. The Hall–Kier alpha value is -2.70. The van der Waals surface area contributed by atoms with E-state index >= 15 is 0 Å². The first-order chi connectivity index (χ1) is 13.0. The molecule has 3 heterocycles. The van der Waals surface area contributed by atoms with Gasteiger partial charge < -0.3 is 15.2 Å². The van der Waals surface area contributed by atoms with Crippen LogP contribution >= 0.6 is 23.1 Å². The van der Waals surface area contributed by atoms with E-state index in [9.17, 15) is 14.9 Å². The number of esters is 1. The standard InChI is InChI=1S/C18H18N4O3S2/c1-3-25-18(24)15-10(2)20-17(27-9-11-7-14(23)22-21-11)12(8-19)16(15)13-5-4-6-26-13/h4-7,16,20H,3,9H2,1-2H3,(H2,21,22,23)/t16-/m1/s1. The molecule has 2 aromatic rings. The molecule has 0 amide bonds. The number of hydrogen-bond donors (Lipinski definition) is 3. The first-order valence-corrected chi connectivity index (χ1v) is 10.1. The summed E-state index contributed by atoms with van der Waals surface area (Å²) in [4.78, 5) is 24.7. The van der Waals surface area contributed by atoms with Gasteiger partial charge in [0.15, 0.2) is 0 Å². The zero-order chi connectivity index (χ0) is 19.4. The monoisotopic (exact) mass is 402 g/mol. The molecule has 3 N–H and O–H groups in total. The third-order valence-corrected chi connectivity index (χ3v) is 6.00. The highest BCUT2D eigenvalue weighted by atomic mass is 32.2. The topological polar surface area (TPSA) is 111 Å². The van der Waals surface area contributed by atoms with Crippen LogP contribution in [0.25, 0.3) is 0 Å². The molecule has 0 fully saturated rings. The molecule has 0 saturated heterocycles. The Balaban J connectivity index is 1.98. The molecule has 1 aliphatic heterocycles. The van der Waals surface area contributed by atoms with Gasteiger partial charge in [0.05, 0.1) is 34.8 Å². The number of thiophene rings is 1. The van der Waals surface area contributed by atoms with Gasteiger partial charge in [0.25, 0.3) is 5.56 Å². The van der Waals surface area contributed by atoms with Crippen LogP contribution in [0.15, 0.2) is 50.2 Å². The molecule has 0 aliphatic carbocycles. The van der Waals surface area contributed by atoms with E-state index in [1.807, 2.05) is 17.5 Å². The Labute approximate surface area is 164 Å². The molecule has 0 bridgehead atoms. The summed E-state index contributed by atoms with van der Waals surface area (Å²) in [5, 5.41) is 20.9. The van der Waals surface area contributed by atoms with Crippen molar-refractivity contribution in [1.82, 2.24) is 15.5 Å². The molecular weight excluding hydrogens is 384 g/mol. The average Bonchev–Trinajstić information content (AvgIpc) is 3.31. The van der Waals surface area contributed by atoms with Crippen LogP contribution in [0, 0.1) is 11.3 Å². The third-order valence-electron chi connectivity index (χ3n) is 3.99. The second-order valence-electron chi connectivity index (χ2n) is 5.76. The number of nitrogens with one attached hydrogen (secondary N) is 3. The minimum atomic E-state index is -0.469. The van der Waals surface area contributed by atoms with Crippen molar-refractivity contribution in [2.24, 2.45) is 0 Å². The van der Waals surface area contributed by atoms with E-state index in [-0.39, 0.29) is 12.2 Å². The molecule has 0 saturated carbocycles. The van der Waals surface area contributed by atoms with Gasteiger partial charge in [-0.25, -0.2) is 4.79 Å². The summed E-state index contributed by atoms with van der Waals surface area (Å²) >= 11 is 2.90. The number of aromatic nitrogens is 2. The normalized spacial score (nSPS) is 16.9. The Kier molecular flexibility index (Phi) is 5.88. The van der Waals surface area contributed by atoms with E-state index < -0.39 is 11.9 Å². The molecule has 2 aromatic heterocycles. The Morgan fingerprint density at radius 1 is 1.44 bits per heavy atom. The molecule has 0 unspecified atom stereocenters. The Bertz CT molecular complexity index is 992. The van der Waals surface area contributed by atoms with E-state index in [4.69, 9.17) is 4.74 Å². The number of aromatic amines is 2. The fraction of sp³-hybridized carbons (Fsp3) is 0.278. The molecule has 0 radical (unpaired) electrons. The summed E-state index contributed by atoms with van der Waals surface area (Å²) in [5.74, 6) is -0.415. The second kappa shape index (κ2) is 8.33. The molecule has 0 aromatic carbocycles. The zero-order valence-corrected chi connectivity index (χ0v) is 16.4. The minimum Gasteiger partial charge on any atom is -0.463 e. The highest BCUT2D eigenvalue weighted by Crippen LogP contribution is 2.42. The fourth-order valence-electron chi connectivity index (χ4n) is 2.85. The Morgan fingerprint density at radius 3 is 2.85 bits per heavy atom. The van der Waals surface area contributed by atoms with Crippen molar-refractivity contribution in [2.75, 3.05) is 6.61 Å². The number of ether oxygens (including phenoxy) is 1. The van der Waals surface area contributed by atoms with Crippen molar-refractivity contribution < 1.29 is 9.53 Å². The van der Waals surface area contributed by atoms with Gasteiger partial charge in [-0.1, -0.05) is 6.07 Å². The van der Waals surface area contributed by atoms with Crippen molar-refractivity contribution in [3.8, 4) is 6.07 Å². The number of hydrogen-bond acceptors (Lipinski definition) is 7. The Morgan fingerprint density at radius 2 is 2.26 bits per heavy atom. The largest absolute Gasteiger partial charge is 0.463 e. The van der Waals surface area contributed by atoms with Crippen LogP contribution in [0.2, 0.25) is 0 Å². The summed E-state index contributed by atoms with van der Waals surface area (Å²) in [5.41, 5.74) is 2.11. The second-order valence-corrected chi connectivity index (χ2v) is 7.72. The number of carbonyl (C=O) groups excluding carboxylic acids is 1. The molecule has 140 valence electrons. The van der Waals surface area contributed by atoms with Crippen molar-refractivity contribution in [2.45, 2.75) is 25.5 Å². The fourth-order valence-corrected chi connectivity index (χ4v) is 4.69. The van der Waals surface area contributed by atoms with Gasteiger partial charge in [0, 0.05) is 28.1 Å². The summed E-state index contributed by atoms with van der Waals surface area (Å²) in [6.07, 6.45) is 0. The lowest BCUT2D eigenvalue weighted by Gasteiger charge is -2.28. The van der Waals surface area contributed by atoms with Crippen LogP contribution in [0.5, 0.6) is 0 Å². The average molecular weight is 403 g/mol. The maximum atomic E-state index is 12.6. The lowest BCUT2D eigenvalue weighted by Crippen LogP contribution is -2.28. The van der Waals surface area contributed by atoms with Gasteiger partial charge >= 0.3 is 5.97 Å². The van der Waals surface area contributed by atoms with Crippen molar-refractivity contribution >= 4 is 29.1 Å². The SMILES string of the molecule is CCOC(=O)C1=C(C)NC(SCc2cc(=O)[nH][nH]2)=C(C#N)[C@@H]1c1cccs1. The van der Waals surface area contributed by atoms with Crippen LogP contribution in [0.4, 0.5) is 0 Å². The number of H-pyrrole nitrogens is 2. The van der Waals surface area contributed by atoms with Gasteiger partial charge in [-0.3, -0.25) is 9.89 Å². The van der Waals surface area contributed by atoms with Crippen LogP contribution in [0.3, 0.4) is 0 Å². The van der Waals surface area contributed by atoms with E-state index in [1.54, 1.807) is 13.8 Å². The quantitative estimate of drug-likeness (QED) is 0.641. The number of thioether (sulfide) groups is 1. The highest BCUT2D eigenvalue weighted by molar-refractivity contribution is 8.02. The van der Waals surface area contributed by atoms with E-state index in [0.717, 1.165) is 10.6 Å². The number of rotatable bonds is 6. The lowest BCUT2D eigenvalue weighted by atomic mass is 9.87. The molecule has 0 spiro atoms. The molecule has 1 aliphatic rings. The van der Waals surface area contributed by atoms with Crippen LogP contribution in [-0.2, 0) is 15.3 Å².